The van der Waals surface area contributed by atoms with Crippen molar-refractivity contribution < 1.29 is 8.78 Å². The Balaban J connectivity index is 1.65. The first-order valence-electron chi connectivity index (χ1n) is 9.41. The van der Waals surface area contributed by atoms with Crippen molar-refractivity contribution in [3.8, 4) is 0 Å². The van der Waals surface area contributed by atoms with Gasteiger partial charge in [0.05, 0.1) is 11.7 Å². The number of rotatable bonds is 5. The van der Waals surface area contributed by atoms with E-state index in [9.17, 15) is 8.78 Å². The Morgan fingerprint density at radius 2 is 1.83 bits per heavy atom. The van der Waals surface area contributed by atoms with Gasteiger partial charge in [0.1, 0.15) is 5.82 Å². The van der Waals surface area contributed by atoms with E-state index in [1.165, 1.54) is 38.5 Å². The Labute approximate surface area is 149 Å². The van der Waals surface area contributed by atoms with Gasteiger partial charge >= 0.3 is 0 Å². The van der Waals surface area contributed by atoms with E-state index in [1.54, 1.807) is 12.1 Å². The molecular weight excluding hydrogens is 326 g/mol. The van der Waals surface area contributed by atoms with Crippen LogP contribution in [0.15, 0.2) is 18.2 Å². The van der Waals surface area contributed by atoms with Crippen LogP contribution in [0.25, 0.3) is 5.57 Å². The van der Waals surface area contributed by atoms with E-state index in [1.807, 2.05) is 0 Å². The third-order valence-electron chi connectivity index (χ3n) is 5.78. The highest BCUT2D eigenvalue weighted by atomic mass is 35.5. The van der Waals surface area contributed by atoms with Crippen molar-refractivity contribution in [2.75, 3.05) is 6.67 Å². The van der Waals surface area contributed by atoms with Crippen LogP contribution in [0.4, 0.5) is 8.78 Å². The molecule has 0 heterocycles. The first kappa shape index (κ1) is 17.9. The normalized spacial score (nSPS) is 22.5. The van der Waals surface area contributed by atoms with E-state index < -0.39 is 6.67 Å². The molecule has 0 N–H and O–H groups in total. The fourth-order valence-corrected chi connectivity index (χ4v) is 4.63. The smallest absolute Gasteiger partial charge is 0.149 e. The lowest BCUT2D eigenvalue weighted by atomic mass is 9.77. The van der Waals surface area contributed by atoms with Crippen molar-refractivity contribution in [1.29, 1.82) is 0 Å². The SMILES string of the molecule is FCCc1ccc(C2=CCC(CC3CCCCC3)CC2)c(F)c1Cl. The van der Waals surface area contributed by atoms with Crippen LogP contribution in [-0.4, -0.2) is 6.67 Å². The number of halogens is 3. The predicted octanol–water partition coefficient (Wildman–Crippen LogP) is 7.15. The van der Waals surface area contributed by atoms with Gasteiger partial charge in [-0.1, -0.05) is 61.9 Å². The zero-order chi connectivity index (χ0) is 16.9. The van der Waals surface area contributed by atoms with Crippen molar-refractivity contribution in [3.63, 3.8) is 0 Å². The second-order valence-electron chi connectivity index (χ2n) is 7.45. The van der Waals surface area contributed by atoms with Gasteiger partial charge in [-0.05, 0) is 48.7 Å². The number of benzene rings is 1. The van der Waals surface area contributed by atoms with Crippen LogP contribution in [0.3, 0.4) is 0 Å². The number of allylic oxidation sites excluding steroid dienone is 2. The summed E-state index contributed by atoms with van der Waals surface area (Å²) in [6.07, 6.45) is 13.8. The lowest BCUT2D eigenvalue weighted by Crippen LogP contribution is -2.14. The zero-order valence-corrected chi connectivity index (χ0v) is 15.1. The highest BCUT2D eigenvalue weighted by molar-refractivity contribution is 6.31. The highest BCUT2D eigenvalue weighted by Crippen LogP contribution is 2.38. The molecule has 1 aromatic rings. The Morgan fingerprint density at radius 3 is 2.50 bits per heavy atom. The van der Waals surface area contributed by atoms with E-state index in [2.05, 4.69) is 6.08 Å². The second kappa shape index (κ2) is 8.47. The molecule has 24 heavy (non-hydrogen) atoms. The standard InChI is InChI=1S/C21H27ClF2/c22-20-18(12-13-23)10-11-19(21(20)24)17-8-6-16(7-9-17)14-15-4-2-1-3-5-15/h8,10-11,15-16H,1-7,9,12-14H2. The molecule has 0 aliphatic heterocycles. The molecule has 1 atom stereocenters. The average Bonchev–Trinajstić information content (AvgIpc) is 2.61. The average molecular weight is 353 g/mol. The van der Waals surface area contributed by atoms with Crippen LogP contribution in [0.1, 0.15) is 68.9 Å². The summed E-state index contributed by atoms with van der Waals surface area (Å²) in [6, 6.07) is 3.55. The molecule has 2 aliphatic rings. The van der Waals surface area contributed by atoms with Crippen molar-refractivity contribution in [2.24, 2.45) is 11.8 Å². The van der Waals surface area contributed by atoms with Gasteiger partial charge in [0, 0.05) is 12.0 Å². The molecule has 0 nitrogen and oxygen atoms in total. The molecule has 0 spiro atoms. The highest BCUT2D eigenvalue weighted by Gasteiger charge is 2.23. The van der Waals surface area contributed by atoms with Gasteiger partial charge in [0.15, 0.2) is 0 Å². The van der Waals surface area contributed by atoms with E-state index in [0.29, 0.717) is 11.1 Å². The van der Waals surface area contributed by atoms with Gasteiger partial charge in [-0.2, -0.15) is 0 Å². The number of hydrogen-bond acceptors (Lipinski definition) is 0. The minimum absolute atomic E-state index is 0.0929. The molecule has 3 rings (SSSR count). The summed E-state index contributed by atoms with van der Waals surface area (Å²) in [5.74, 6) is 1.28. The lowest BCUT2D eigenvalue weighted by molar-refractivity contribution is 0.278. The van der Waals surface area contributed by atoms with Gasteiger partial charge in [-0.15, -0.1) is 0 Å². The minimum Gasteiger partial charge on any atom is -0.251 e. The largest absolute Gasteiger partial charge is 0.251 e. The molecule has 0 amide bonds. The maximum absolute atomic E-state index is 14.5. The molecule has 0 bridgehead atoms. The van der Waals surface area contributed by atoms with Crippen molar-refractivity contribution in [3.05, 3.63) is 40.2 Å². The van der Waals surface area contributed by atoms with Crippen molar-refractivity contribution in [1.82, 2.24) is 0 Å². The summed E-state index contributed by atoms with van der Waals surface area (Å²) in [6.45, 7) is -0.510. The predicted molar refractivity (Wildman–Crippen MR) is 97.6 cm³/mol. The number of alkyl halides is 1. The molecule has 1 aromatic carbocycles. The quantitative estimate of drug-likeness (QED) is 0.528. The molecular formula is C21H27ClF2. The minimum atomic E-state index is -0.510. The Kier molecular flexibility index (Phi) is 6.32. The molecule has 2 aliphatic carbocycles. The second-order valence-corrected chi connectivity index (χ2v) is 7.83. The summed E-state index contributed by atoms with van der Waals surface area (Å²) in [5.41, 5.74) is 2.24. The van der Waals surface area contributed by atoms with Crippen LogP contribution in [0, 0.1) is 17.7 Å². The first-order valence-corrected chi connectivity index (χ1v) is 9.79. The van der Waals surface area contributed by atoms with Gasteiger partial charge in [0.2, 0.25) is 0 Å². The molecule has 0 radical (unpaired) electrons. The summed E-state index contributed by atoms with van der Waals surface area (Å²) in [7, 11) is 0. The number of hydrogen-bond donors (Lipinski definition) is 0. The van der Waals surface area contributed by atoms with Gasteiger partial charge in [-0.3, -0.25) is 4.39 Å². The zero-order valence-electron chi connectivity index (χ0n) is 14.3. The third-order valence-corrected chi connectivity index (χ3v) is 6.19. The first-order chi connectivity index (χ1) is 11.7. The summed E-state index contributed by atoms with van der Waals surface area (Å²) in [4.78, 5) is 0. The van der Waals surface area contributed by atoms with Gasteiger partial charge in [0.25, 0.3) is 0 Å². The van der Waals surface area contributed by atoms with Crippen LogP contribution in [0.2, 0.25) is 5.02 Å². The maximum atomic E-state index is 14.5. The van der Waals surface area contributed by atoms with Crippen molar-refractivity contribution in [2.45, 2.75) is 64.2 Å². The van der Waals surface area contributed by atoms with E-state index in [4.69, 9.17) is 11.6 Å². The molecule has 132 valence electrons. The molecule has 0 aromatic heterocycles. The molecule has 1 fully saturated rings. The number of aryl methyl sites for hydroxylation is 1. The molecule has 1 saturated carbocycles. The van der Waals surface area contributed by atoms with Gasteiger partial charge < -0.3 is 0 Å². The Morgan fingerprint density at radius 1 is 1.04 bits per heavy atom. The van der Waals surface area contributed by atoms with Crippen LogP contribution in [-0.2, 0) is 6.42 Å². The fourth-order valence-electron chi connectivity index (χ4n) is 4.37. The summed E-state index contributed by atoms with van der Waals surface area (Å²) >= 11 is 6.08. The summed E-state index contributed by atoms with van der Waals surface area (Å²) < 4.78 is 27.0. The fraction of sp³-hybridized carbons (Fsp3) is 0.619. The van der Waals surface area contributed by atoms with E-state index >= 15 is 0 Å². The van der Waals surface area contributed by atoms with Crippen molar-refractivity contribution >= 4 is 17.2 Å². The molecule has 1 unspecified atom stereocenters. The molecule has 0 saturated heterocycles. The van der Waals surface area contributed by atoms with Crippen LogP contribution in [0.5, 0.6) is 0 Å². The summed E-state index contributed by atoms with van der Waals surface area (Å²) in [5, 5.41) is 0.0929. The maximum Gasteiger partial charge on any atom is 0.149 e. The van der Waals surface area contributed by atoms with Crippen LogP contribution >= 0.6 is 11.6 Å². The monoisotopic (exact) mass is 352 g/mol. The molecule has 3 heteroatoms. The van der Waals surface area contributed by atoms with E-state index in [0.717, 1.165) is 36.7 Å². The van der Waals surface area contributed by atoms with Crippen LogP contribution < -0.4 is 0 Å². The van der Waals surface area contributed by atoms with E-state index in [-0.39, 0.29) is 17.3 Å². The van der Waals surface area contributed by atoms with Gasteiger partial charge in [-0.25, -0.2) is 4.39 Å². The Bertz CT molecular complexity index is 588. The third kappa shape index (κ3) is 4.20. The Hall–Kier alpha value is -0.890. The topological polar surface area (TPSA) is 0 Å². The lowest BCUT2D eigenvalue weighted by Gasteiger charge is -2.28.